The standard InChI is InChI=1S/C18H31N3O3/c1-6-10-24-16-9-8-15(11-17(16)23-5)12-20-18(19-7-2)21-14(3)13-22-4/h8-9,11,14H,6-7,10,12-13H2,1-5H3,(H2,19,20,21). The van der Waals surface area contributed by atoms with Crippen LogP contribution < -0.4 is 20.1 Å². The van der Waals surface area contributed by atoms with Gasteiger partial charge in [0.1, 0.15) is 0 Å². The maximum Gasteiger partial charge on any atom is 0.191 e. The number of nitrogens with zero attached hydrogens (tertiary/aromatic N) is 1. The van der Waals surface area contributed by atoms with Gasteiger partial charge >= 0.3 is 0 Å². The number of rotatable bonds is 10. The molecule has 0 heterocycles. The van der Waals surface area contributed by atoms with Crippen molar-refractivity contribution in [3.05, 3.63) is 23.8 Å². The Morgan fingerprint density at radius 1 is 1.21 bits per heavy atom. The smallest absolute Gasteiger partial charge is 0.191 e. The average molecular weight is 337 g/mol. The molecule has 0 bridgehead atoms. The number of benzene rings is 1. The van der Waals surface area contributed by atoms with E-state index in [4.69, 9.17) is 14.2 Å². The van der Waals surface area contributed by atoms with Crippen molar-refractivity contribution in [3.63, 3.8) is 0 Å². The Hall–Kier alpha value is -1.95. The Labute approximate surface area is 145 Å². The summed E-state index contributed by atoms with van der Waals surface area (Å²) in [6.07, 6.45) is 0.965. The molecule has 0 aromatic heterocycles. The monoisotopic (exact) mass is 337 g/mol. The van der Waals surface area contributed by atoms with Gasteiger partial charge in [0.2, 0.25) is 0 Å². The molecule has 0 aliphatic heterocycles. The molecule has 136 valence electrons. The molecule has 6 nitrogen and oxygen atoms in total. The van der Waals surface area contributed by atoms with Crippen LogP contribution in [-0.2, 0) is 11.3 Å². The topological polar surface area (TPSA) is 64.1 Å². The van der Waals surface area contributed by atoms with Crippen LogP contribution in [0.1, 0.15) is 32.8 Å². The number of hydrogen-bond donors (Lipinski definition) is 2. The highest BCUT2D eigenvalue weighted by molar-refractivity contribution is 5.80. The van der Waals surface area contributed by atoms with E-state index in [1.54, 1.807) is 14.2 Å². The van der Waals surface area contributed by atoms with Gasteiger partial charge in [0.05, 0.1) is 26.9 Å². The Balaban J connectivity index is 2.77. The van der Waals surface area contributed by atoms with E-state index in [1.807, 2.05) is 25.1 Å². The van der Waals surface area contributed by atoms with Gasteiger partial charge in [-0.3, -0.25) is 0 Å². The lowest BCUT2D eigenvalue weighted by Gasteiger charge is -2.17. The fraction of sp³-hybridized carbons (Fsp3) is 0.611. The van der Waals surface area contributed by atoms with E-state index in [0.717, 1.165) is 36.0 Å². The van der Waals surface area contributed by atoms with Gasteiger partial charge in [0, 0.05) is 19.7 Å². The molecule has 1 aromatic rings. The quantitative estimate of drug-likeness (QED) is 0.507. The van der Waals surface area contributed by atoms with E-state index in [1.165, 1.54) is 0 Å². The zero-order valence-electron chi connectivity index (χ0n) is 15.5. The van der Waals surface area contributed by atoms with Crippen molar-refractivity contribution in [2.24, 2.45) is 4.99 Å². The third kappa shape index (κ3) is 7.08. The largest absolute Gasteiger partial charge is 0.493 e. The molecule has 24 heavy (non-hydrogen) atoms. The first kappa shape index (κ1) is 20.1. The van der Waals surface area contributed by atoms with Gasteiger partial charge in [0.15, 0.2) is 17.5 Å². The van der Waals surface area contributed by atoms with Gasteiger partial charge in [0.25, 0.3) is 0 Å². The van der Waals surface area contributed by atoms with Crippen LogP contribution in [0, 0.1) is 0 Å². The third-order valence-electron chi connectivity index (χ3n) is 3.25. The minimum Gasteiger partial charge on any atom is -0.493 e. The van der Waals surface area contributed by atoms with Crippen molar-refractivity contribution in [2.45, 2.75) is 39.8 Å². The predicted molar refractivity (Wildman–Crippen MR) is 98.1 cm³/mol. The van der Waals surface area contributed by atoms with E-state index >= 15 is 0 Å². The van der Waals surface area contributed by atoms with Gasteiger partial charge in [-0.1, -0.05) is 13.0 Å². The van der Waals surface area contributed by atoms with Crippen molar-refractivity contribution in [1.82, 2.24) is 10.6 Å². The van der Waals surface area contributed by atoms with Crippen molar-refractivity contribution in [2.75, 3.05) is 34.0 Å². The molecule has 0 saturated carbocycles. The van der Waals surface area contributed by atoms with Gasteiger partial charge < -0.3 is 24.8 Å². The van der Waals surface area contributed by atoms with Crippen molar-refractivity contribution < 1.29 is 14.2 Å². The molecule has 0 aliphatic carbocycles. The van der Waals surface area contributed by atoms with E-state index in [9.17, 15) is 0 Å². The first-order chi connectivity index (χ1) is 11.6. The van der Waals surface area contributed by atoms with Crippen molar-refractivity contribution >= 4 is 5.96 Å². The maximum absolute atomic E-state index is 5.68. The Morgan fingerprint density at radius 3 is 2.62 bits per heavy atom. The summed E-state index contributed by atoms with van der Waals surface area (Å²) in [6.45, 7) is 8.84. The number of aliphatic imine (C=N–C) groups is 1. The number of ether oxygens (including phenoxy) is 3. The molecule has 1 unspecified atom stereocenters. The Kier molecular flexibility index (Phi) is 9.68. The number of nitrogens with one attached hydrogen (secondary N) is 2. The first-order valence-corrected chi connectivity index (χ1v) is 8.48. The Bertz CT molecular complexity index is 506. The molecule has 1 aromatic carbocycles. The summed E-state index contributed by atoms with van der Waals surface area (Å²) >= 11 is 0. The van der Waals surface area contributed by atoms with Crippen molar-refractivity contribution in [3.8, 4) is 11.5 Å². The zero-order valence-corrected chi connectivity index (χ0v) is 15.5. The van der Waals surface area contributed by atoms with Crippen molar-refractivity contribution in [1.29, 1.82) is 0 Å². The fourth-order valence-electron chi connectivity index (χ4n) is 2.16. The molecule has 1 atom stereocenters. The maximum atomic E-state index is 5.68. The number of methoxy groups -OCH3 is 2. The minimum absolute atomic E-state index is 0.187. The van der Waals surface area contributed by atoms with Crippen LogP contribution in [0.5, 0.6) is 11.5 Å². The second-order valence-corrected chi connectivity index (χ2v) is 5.53. The van der Waals surface area contributed by atoms with E-state index < -0.39 is 0 Å². The molecule has 6 heteroatoms. The summed E-state index contributed by atoms with van der Waals surface area (Å²) < 4.78 is 16.2. The van der Waals surface area contributed by atoms with Gasteiger partial charge in [-0.15, -0.1) is 0 Å². The highest BCUT2D eigenvalue weighted by atomic mass is 16.5. The SMILES string of the molecule is CCCOc1ccc(CN=C(NCC)NC(C)COC)cc1OC. The number of hydrogen-bond acceptors (Lipinski definition) is 4. The molecule has 0 amide bonds. The van der Waals surface area contributed by atoms with E-state index in [2.05, 4.69) is 29.5 Å². The van der Waals surface area contributed by atoms with Crippen LogP contribution in [0.4, 0.5) is 0 Å². The highest BCUT2D eigenvalue weighted by Crippen LogP contribution is 2.28. The molecule has 0 saturated heterocycles. The molecule has 0 radical (unpaired) electrons. The highest BCUT2D eigenvalue weighted by Gasteiger charge is 2.07. The molecule has 2 N–H and O–H groups in total. The lowest BCUT2D eigenvalue weighted by Crippen LogP contribution is -2.43. The zero-order chi connectivity index (χ0) is 17.8. The summed E-state index contributed by atoms with van der Waals surface area (Å²) in [5, 5.41) is 6.55. The molecular formula is C18H31N3O3. The third-order valence-corrected chi connectivity index (χ3v) is 3.25. The van der Waals surface area contributed by atoms with Crippen LogP contribution in [0.15, 0.2) is 23.2 Å². The fourth-order valence-corrected chi connectivity index (χ4v) is 2.16. The summed E-state index contributed by atoms with van der Waals surface area (Å²) in [4.78, 5) is 4.62. The van der Waals surface area contributed by atoms with E-state index in [0.29, 0.717) is 19.8 Å². The summed E-state index contributed by atoms with van der Waals surface area (Å²) in [6, 6.07) is 6.11. The van der Waals surface area contributed by atoms with Crippen LogP contribution >= 0.6 is 0 Å². The summed E-state index contributed by atoms with van der Waals surface area (Å²) in [5.74, 6) is 2.28. The second-order valence-electron chi connectivity index (χ2n) is 5.53. The molecule has 1 rings (SSSR count). The van der Waals surface area contributed by atoms with Crippen LogP contribution in [0.2, 0.25) is 0 Å². The normalized spacial score (nSPS) is 12.6. The Morgan fingerprint density at radius 2 is 2.00 bits per heavy atom. The first-order valence-electron chi connectivity index (χ1n) is 8.48. The van der Waals surface area contributed by atoms with Crippen LogP contribution in [0.25, 0.3) is 0 Å². The molecular weight excluding hydrogens is 306 g/mol. The number of guanidine groups is 1. The minimum atomic E-state index is 0.187. The summed E-state index contributed by atoms with van der Waals surface area (Å²) in [7, 11) is 3.34. The van der Waals surface area contributed by atoms with Gasteiger partial charge in [-0.05, 0) is 38.0 Å². The van der Waals surface area contributed by atoms with E-state index in [-0.39, 0.29) is 6.04 Å². The molecule has 0 fully saturated rings. The predicted octanol–water partition coefficient (Wildman–Crippen LogP) is 2.57. The van der Waals surface area contributed by atoms with Crippen LogP contribution in [0.3, 0.4) is 0 Å². The molecule has 0 spiro atoms. The lowest BCUT2D eigenvalue weighted by atomic mass is 10.2. The summed E-state index contributed by atoms with van der Waals surface area (Å²) in [5.41, 5.74) is 1.06. The molecule has 0 aliphatic rings. The second kappa shape index (κ2) is 11.6. The average Bonchev–Trinajstić information content (AvgIpc) is 2.58. The van der Waals surface area contributed by atoms with Gasteiger partial charge in [-0.25, -0.2) is 4.99 Å². The van der Waals surface area contributed by atoms with Crippen LogP contribution in [-0.4, -0.2) is 46.0 Å². The van der Waals surface area contributed by atoms with Gasteiger partial charge in [-0.2, -0.15) is 0 Å². The lowest BCUT2D eigenvalue weighted by molar-refractivity contribution is 0.179.